The average Bonchev–Trinajstić information content (AvgIpc) is 2.38. The third-order valence-electron chi connectivity index (χ3n) is 3.17. The fraction of sp³-hybridized carbons (Fsp3) is 0.385. The number of carbonyl (C=O) groups is 2. The standard InChI is InChI=1S/C13H14ClFN2O2/c1-9(18)16-4-6-17(7-5-16)13(19)11-3-2-10(14)8-12(11)15/h2-3,8H,4-7H2,1H3. The zero-order valence-corrected chi connectivity index (χ0v) is 11.3. The predicted octanol–water partition coefficient (Wildman–Crippen LogP) is 1.78. The fourth-order valence-corrected chi connectivity index (χ4v) is 2.22. The summed E-state index contributed by atoms with van der Waals surface area (Å²) >= 11 is 5.65. The molecule has 1 aromatic carbocycles. The SMILES string of the molecule is CC(=O)N1CCN(C(=O)c2ccc(Cl)cc2F)CC1. The molecule has 0 bridgehead atoms. The number of nitrogens with zero attached hydrogens (tertiary/aromatic N) is 2. The van der Waals surface area contributed by atoms with Crippen molar-refractivity contribution in [1.82, 2.24) is 9.80 Å². The van der Waals surface area contributed by atoms with Crippen molar-refractivity contribution in [3.05, 3.63) is 34.6 Å². The Balaban J connectivity index is 2.07. The van der Waals surface area contributed by atoms with Gasteiger partial charge in [-0.3, -0.25) is 9.59 Å². The molecular weight excluding hydrogens is 271 g/mol. The van der Waals surface area contributed by atoms with Crippen molar-refractivity contribution in [3.63, 3.8) is 0 Å². The van der Waals surface area contributed by atoms with E-state index in [0.29, 0.717) is 26.2 Å². The summed E-state index contributed by atoms with van der Waals surface area (Å²) in [4.78, 5) is 26.5. The number of piperazine rings is 1. The second kappa shape index (κ2) is 5.57. The van der Waals surface area contributed by atoms with Crippen LogP contribution in [-0.4, -0.2) is 47.8 Å². The summed E-state index contributed by atoms with van der Waals surface area (Å²) in [6, 6.07) is 4.00. The first kappa shape index (κ1) is 13.8. The molecule has 6 heteroatoms. The molecule has 0 N–H and O–H groups in total. The summed E-state index contributed by atoms with van der Waals surface area (Å²) < 4.78 is 13.7. The Morgan fingerprint density at radius 3 is 2.26 bits per heavy atom. The van der Waals surface area contributed by atoms with Crippen LogP contribution in [0.4, 0.5) is 4.39 Å². The maximum absolute atomic E-state index is 13.7. The molecular formula is C13H14ClFN2O2. The largest absolute Gasteiger partial charge is 0.339 e. The number of amides is 2. The molecule has 1 aromatic rings. The minimum Gasteiger partial charge on any atom is -0.339 e. The monoisotopic (exact) mass is 284 g/mol. The van der Waals surface area contributed by atoms with E-state index in [0.717, 1.165) is 6.07 Å². The predicted molar refractivity (Wildman–Crippen MR) is 69.6 cm³/mol. The lowest BCUT2D eigenvalue weighted by atomic mass is 10.1. The second-order valence-electron chi connectivity index (χ2n) is 4.42. The van der Waals surface area contributed by atoms with Crippen molar-refractivity contribution >= 4 is 23.4 Å². The van der Waals surface area contributed by atoms with Crippen LogP contribution in [0.15, 0.2) is 18.2 Å². The number of benzene rings is 1. The van der Waals surface area contributed by atoms with Crippen LogP contribution in [0.1, 0.15) is 17.3 Å². The molecule has 0 aromatic heterocycles. The van der Waals surface area contributed by atoms with Crippen LogP contribution in [0.5, 0.6) is 0 Å². The Bertz CT molecular complexity index is 513. The Morgan fingerprint density at radius 1 is 1.16 bits per heavy atom. The smallest absolute Gasteiger partial charge is 0.256 e. The highest BCUT2D eigenvalue weighted by Gasteiger charge is 2.24. The molecule has 1 heterocycles. The zero-order valence-electron chi connectivity index (χ0n) is 10.5. The van der Waals surface area contributed by atoms with Crippen LogP contribution >= 0.6 is 11.6 Å². The van der Waals surface area contributed by atoms with Crippen LogP contribution in [0.2, 0.25) is 5.02 Å². The summed E-state index contributed by atoms with van der Waals surface area (Å²) in [6.45, 7) is 3.30. The van der Waals surface area contributed by atoms with Gasteiger partial charge in [0.1, 0.15) is 5.82 Å². The molecule has 1 aliphatic heterocycles. The Morgan fingerprint density at radius 2 is 1.74 bits per heavy atom. The number of halogens is 2. The molecule has 19 heavy (non-hydrogen) atoms. The molecule has 0 saturated carbocycles. The molecule has 0 radical (unpaired) electrons. The van der Waals surface area contributed by atoms with Gasteiger partial charge in [-0.2, -0.15) is 0 Å². The van der Waals surface area contributed by atoms with E-state index in [1.54, 1.807) is 9.80 Å². The van der Waals surface area contributed by atoms with Crippen molar-refractivity contribution in [2.45, 2.75) is 6.92 Å². The van der Waals surface area contributed by atoms with Gasteiger partial charge in [0, 0.05) is 38.1 Å². The molecule has 4 nitrogen and oxygen atoms in total. The van der Waals surface area contributed by atoms with Crippen LogP contribution in [0.3, 0.4) is 0 Å². The third-order valence-corrected chi connectivity index (χ3v) is 3.41. The van der Waals surface area contributed by atoms with Gasteiger partial charge in [-0.05, 0) is 18.2 Å². The average molecular weight is 285 g/mol. The minimum atomic E-state index is -0.619. The molecule has 2 rings (SSSR count). The number of carbonyl (C=O) groups excluding carboxylic acids is 2. The molecule has 0 aliphatic carbocycles. The zero-order chi connectivity index (χ0) is 14.0. The van der Waals surface area contributed by atoms with E-state index in [2.05, 4.69) is 0 Å². The highest BCUT2D eigenvalue weighted by atomic mass is 35.5. The summed E-state index contributed by atoms with van der Waals surface area (Å²) in [5, 5.41) is 0.260. The lowest BCUT2D eigenvalue weighted by Crippen LogP contribution is -2.50. The van der Waals surface area contributed by atoms with Crippen molar-refractivity contribution in [3.8, 4) is 0 Å². The first-order chi connectivity index (χ1) is 8.99. The van der Waals surface area contributed by atoms with Gasteiger partial charge in [0.05, 0.1) is 5.56 Å². The van der Waals surface area contributed by atoms with E-state index in [1.807, 2.05) is 0 Å². The molecule has 0 spiro atoms. The number of hydrogen-bond acceptors (Lipinski definition) is 2. The van der Waals surface area contributed by atoms with E-state index >= 15 is 0 Å². The summed E-state index contributed by atoms with van der Waals surface area (Å²) in [7, 11) is 0. The van der Waals surface area contributed by atoms with Crippen LogP contribution in [0, 0.1) is 5.82 Å². The maximum Gasteiger partial charge on any atom is 0.256 e. The van der Waals surface area contributed by atoms with Crippen LogP contribution in [-0.2, 0) is 4.79 Å². The van der Waals surface area contributed by atoms with Gasteiger partial charge in [-0.15, -0.1) is 0 Å². The van der Waals surface area contributed by atoms with Crippen LogP contribution in [0.25, 0.3) is 0 Å². The molecule has 2 amide bonds. The normalized spacial score (nSPS) is 15.5. The van der Waals surface area contributed by atoms with Gasteiger partial charge in [-0.25, -0.2) is 4.39 Å². The molecule has 1 saturated heterocycles. The van der Waals surface area contributed by atoms with Crippen molar-refractivity contribution in [2.24, 2.45) is 0 Å². The van der Waals surface area contributed by atoms with Crippen molar-refractivity contribution < 1.29 is 14.0 Å². The Labute approximate surface area is 115 Å². The summed E-state index contributed by atoms with van der Waals surface area (Å²) in [6.07, 6.45) is 0. The highest BCUT2D eigenvalue weighted by molar-refractivity contribution is 6.30. The highest BCUT2D eigenvalue weighted by Crippen LogP contribution is 2.17. The number of rotatable bonds is 1. The van der Waals surface area contributed by atoms with Gasteiger partial charge >= 0.3 is 0 Å². The minimum absolute atomic E-state index is 0.00947. The van der Waals surface area contributed by atoms with Gasteiger partial charge in [0.25, 0.3) is 5.91 Å². The van der Waals surface area contributed by atoms with Crippen molar-refractivity contribution in [1.29, 1.82) is 0 Å². The fourth-order valence-electron chi connectivity index (χ4n) is 2.06. The van der Waals surface area contributed by atoms with Gasteiger partial charge in [0.2, 0.25) is 5.91 Å². The molecule has 0 atom stereocenters. The van der Waals surface area contributed by atoms with Gasteiger partial charge in [-0.1, -0.05) is 11.6 Å². The van der Waals surface area contributed by atoms with Gasteiger partial charge < -0.3 is 9.80 Å². The van der Waals surface area contributed by atoms with E-state index in [1.165, 1.54) is 19.1 Å². The Kier molecular flexibility index (Phi) is 4.04. The van der Waals surface area contributed by atoms with Crippen LogP contribution < -0.4 is 0 Å². The molecule has 102 valence electrons. The number of hydrogen-bond donors (Lipinski definition) is 0. The molecule has 0 unspecified atom stereocenters. The van der Waals surface area contributed by atoms with E-state index in [9.17, 15) is 14.0 Å². The van der Waals surface area contributed by atoms with E-state index < -0.39 is 5.82 Å². The summed E-state index contributed by atoms with van der Waals surface area (Å²) in [5.74, 6) is -0.992. The molecule has 1 fully saturated rings. The van der Waals surface area contributed by atoms with E-state index in [-0.39, 0.29) is 22.4 Å². The first-order valence-corrected chi connectivity index (χ1v) is 6.36. The first-order valence-electron chi connectivity index (χ1n) is 5.99. The van der Waals surface area contributed by atoms with E-state index in [4.69, 9.17) is 11.6 Å². The van der Waals surface area contributed by atoms with Gasteiger partial charge in [0.15, 0.2) is 0 Å². The topological polar surface area (TPSA) is 40.6 Å². The quantitative estimate of drug-likeness (QED) is 0.789. The Hall–Kier alpha value is -1.62. The third kappa shape index (κ3) is 3.04. The lowest BCUT2D eigenvalue weighted by molar-refractivity contribution is -0.130. The summed E-state index contributed by atoms with van der Waals surface area (Å²) in [5.41, 5.74) is 0.0145. The van der Waals surface area contributed by atoms with Crippen molar-refractivity contribution in [2.75, 3.05) is 26.2 Å². The second-order valence-corrected chi connectivity index (χ2v) is 4.86. The molecule has 1 aliphatic rings. The lowest BCUT2D eigenvalue weighted by Gasteiger charge is -2.34. The maximum atomic E-state index is 13.7.